The standard InChI is InChI=1S/C12H17NO2/c1-2-15-12(14)10-7-11(13-8-10)9-5-3-4-6-9/h7-9,13H,2-6H2,1H3. The molecule has 3 heteroatoms. The molecular formula is C12H17NO2. The Kier molecular flexibility index (Phi) is 3.09. The van der Waals surface area contributed by atoms with Crippen LogP contribution in [0.25, 0.3) is 0 Å². The lowest BCUT2D eigenvalue weighted by Crippen LogP contribution is -2.02. The first-order valence-corrected chi connectivity index (χ1v) is 5.66. The number of ether oxygens (including phenoxy) is 1. The van der Waals surface area contributed by atoms with E-state index in [1.165, 1.54) is 31.4 Å². The molecule has 1 fully saturated rings. The highest BCUT2D eigenvalue weighted by atomic mass is 16.5. The quantitative estimate of drug-likeness (QED) is 0.774. The fourth-order valence-electron chi connectivity index (χ4n) is 2.22. The van der Waals surface area contributed by atoms with E-state index in [0.717, 1.165) is 0 Å². The zero-order chi connectivity index (χ0) is 10.7. The van der Waals surface area contributed by atoms with Crippen LogP contribution in [0, 0.1) is 0 Å². The lowest BCUT2D eigenvalue weighted by molar-refractivity contribution is 0.0526. The number of H-pyrrole nitrogens is 1. The van der Waals surface area contributed by atoms with E-state index in [1.807, 2.05) is 13.0 Å². The Bertz CT molecular complexity index is 337. The molecule has 1 aromatic rings. The van der Waals surface area contributed by atoms with Crippen LogP contribution in [-0.2, 0) is 4.74 Å². The van der Waals surface area contributed by atoms with Crippen molar-refractivity contribution in [3.05, 3.63) is 23.5 Å². The Labute approximate surface area is 89.8 Å². The number of hydrogen-bond acceptors (Lipinski definition) is 2. The number of carbonyl (C=O) groups excluding carboxylic acids is 1. The fraction of sp³-hybridized carbons (Fsp3) is 0.583. The number of hydrogen-bond donors (Lipinski definition) is 1. The molecule has 1 heterocycles. The predicted octanol–water partition coefficient (Wildman–Crippen LogP) is 2.85. The molecule has 3 nitrogen and oxygen atoms in total. The number of aromatic amines is 1. The summed E-state index contributed by atoms with van der Waals surface area (Å²) >= 11 is 0. The molecule has 15 heavy (non-hydrogen) atoms. The number of rotatable bonds is 3. The lowest BCUT2D eigenvalue weighted by atomic mass is 10.0. The zero-order valence-corrected chi connectivity index (χ0v) is 9.08. The average Bonchev–Trinajstić information content (AvgIpc) is 2.89. The summed E-state index contributed by atoms with van der Waals surface area (Å²) in [7, 11) is 0. The highest BCUT2D eigenvalue weighted by Gasteiger charge is 2.19. The molecule has 1 saturated carbocycles. The van der Waals surface area contributed by atoms with Crippen LogP contribution in [-0.4, -0.2) is 17.6 Å². The maximum atomic E-state index is 11.4. The van der Waals surface area contributed by atoms with E-state index in [9.17, 15) is 4.79 Å². The van der Waals surface area contributed by atoms with E-state index in [4.69, 9.17) is 4.74 Å². The maximum Gasteiger partial charge on any atom is 0.339 e. The topological polar surface area (TPSA) is 42.1 Å². The second kappa shape index (κ2) is 4.51. The van der Waals surface area contributed by atoms with Gasteiger partial charge in [-0.05, 0) is 31.7 Å². The fourth-order valence-corrected chi connectivity index (χ4v) is 2.22. The minimum absolute atomic E-state index is 0.224. The molecule has 1 aromatic heterocycles. The van der Waals surface area contributed by atoms with Gasteiger partial charge in [0, 0.05) is 11.9 Å². The molecule has 0 aliphatic heterocycles. The Hall–Kier alpha value is -1.25. The predicted molar refractivity (Wildman–Crippen MR) is 58.0 cm³/mol. The highest BCUT2D eigenvalue weighted by molar-refractivity contribution is 5.89. The van der Waals surface area contributed by atoms with Gasteiger partial charge < -0.3 is 9.72 Å². The molecule has 0 spiro atoms. The van der Waals surface area contributed by atoms with Gasteiger partial charge in [-0.1, -0.05) is 12.8 Å². The third-order valence-electron chi connectivity index (χ3n) is 3.01. The van der Waals surface area contributed by atoms with Gasteiger partial charge in [-0.25, -0.2) is 4.79 Å². The molecule has 1 aliphatic rings. The van der Waals surface area contributed by atoms with Crippen molar-refractivity contribution in [2.75, 3.05) is 6.61 Å². The van der Waals surface area contributed by atoms with Gasteiger partial charge in [0.1, 0.15) is 0 Å². The van der Waals surface area contributed by atoms with E-state index >= 15 is 0 Å². The number of aromatic nitrogens is 1. The van der Waals surface area contributed by atoms with Crippen LogP contribution < -0.4 is 0 Å². The molecule has 1 N–H and O–H groups in total. The van der Waals surface area contributed by atoms with Gasteiger partial charge in [0.2, 0.25) is 0 Å². The molecule has 1 aliphatic carbocycles. The van der Waals surface area contributed by atoms with Crippen LogP contribution in [0.4, 0.5) is 0 Å². The first-order chi connectivity index (χ1) is 7.31. The molecule has 0 radical (unpaired) electrons. The molecule has 2 rings (SSSR count). The van der Waals surface area contributed by atoms with Gasteiger partial charge >= 0.3 is 5.97 Å². The molecule has 0 unspecified atom stereocenters. The number of nitrogens with one attached hydrogen (secondary N) is 1. The van der Waals surface area contributed by atoms with E-state index in [2.05, 4.69) is 4.98 Å². The third kappa shape index (κ3) is 2.22. The van der Waals surface area contributed by atoms with Crippen molar-refractivity contribution in [1.29, 1.82) is 0 Å². The van der Waals surface area contributed by atoms with Gasteiger partial charge in [0.05, 0.1) is 12.2 Å². The van der Waals surface area contributed by atoms with Crippen molar-refractivity contribution in [2.45, 2.75) is 38.5 Å². The molecule has 0 aromatic carbocycles. The van der Waals surface area contributed by atoms with Crippen LogP contribution in [0.3, 0.4) is 0 Å². The Morgan fingerprint density at radius 3 is 2.93 bits per heavy atom. The van der Waals surface area contributed by atoms with E-state index in [-0.39, 0.29) is 5.97 Å². The maximum absolute atomic E-state index is 11.4. The molecule has 0 saturated heterocycles. The minimum atomic E-state index is -0.224. The van der Waals surface area contributed by atoms with Crippen molar-refractivity contribution in [3.8, 4) is 0 Å². The van der Waals surface area contributed by atoms with E-state index < -0.39 is 0 Å². The number of carbonyl (C=O) groups is 1. The molecular weight excluding hydrogens is 190 g/mol. The minimum Gasteiger partial charge on any atom is -0.462 e. The zero-order valence-electron chi connectivity index (χ0n) is 9.08. The highest BCUT2D eigenvalue weighted by Crippen LogP contribution is 2.33. The van der Waals surface area contributed by atoms with Gasteiger partial charge in [-0.2, -0.15) is 0 Å². The molecule has 0 bridgehead atoms. The molecule has 0 amide bonds. The van der Waals surface area contributed by atoms with Gasteiger partial charge in [-0.15, -0.1) is 0 Å². The second-order valence-corrected chi connectivity index (χ2v) is 4.05. The average molecular weight is 207 g/mol. The van der Waals surface area contributed by atoms with Crippen LogP contribution in [0.5, 0.6) is 0 Å². The van der Waals surface area contributed by atoms with Crippen LogP contribution in [0.2, 0.25) is 0 Å². The third-order valence-corrected chi connectivity index (χ3v) is 3.01. The summed E-state index contributed by atoms with van der Waals surface area (Å²) in [6.07, 6.45) is 6.84. The van der Waals surface area contributed by atoms with Crippen LogP contribution >= 0.6 is 0 Å². The van der Waals surface area contributed by atoms with Crippen molar-refractivity contribution >= 4 is 5.97 Å². The second-order valence-electron chi connectivity index (χ2n) is 4.05. The normalized spacial score (nSPS) is 16.9. The summed E-state index contributed by atoms with van der Waals surface area (Å²) in [5, 5.41) is 0. The smallest absolute Gasteiger partial charge is 0.339 e. The lowest BCUT2D eigenvalue weighted by Gasteiger charge is -2.04. The van der Waals surface area contributed by atoms with E-state index in [0.29, 0.717) is 18.1 Å². The monoisotopic (exact) mass is 207 g/mol. The molecule has 0 atom stereocenters. The Balaban J connectivity index is 2.06. The number of esters is 1. The summed E-state index contributed by atoms with van der Waals surface area (Å²) in [5.41, 5.74) is 1.84. The van der Waals surface area contributed by atoms with Gasteiger partial charge in [0.15, 0.2) is 0 Å². The SMILES string of the molecule is CCOC(=O)c1c[nH]c(C2CCCC2)c1. The van der Waals surface area contributed by atoms with Crippen molar-refractivity contribution in [2.24, 2.45) is 0 Å². The van der Waals surface area contributed by atoms with Gasteiger partial charge in [-0.3, -0.25) is 0 Å². The molecule has 82 valence electrons. The van der Waals surface area contributed by atoms with Crippen LogP contribution in [0.15, 0.2) is 12.3 Å². The first-order valence-electron chi connectivity index (χ1n) is 5.66. The van der Waals surface area contributed by atoms with Crippen molar-refractivity contribution < 1.29 is 9.53 Å². The van der Waals surface area contributed by atoms with Gasteiger partial charge in [0.25, 0.3) is 0 Å². The van der Waals surface area contributed by atoms with E-state index in [1.54, 1.807) is 6.20 Å². The summed E-state index contributed by atoms with van der Waals surface area (Å²) in [5.74, 6) is 0.395. The van der Waals surface area contributed by atoms with Crippen molar-refractivity contribution in [3.63, 3.8) is 0 Å². The Morgan fingerprint density at radius 2 is 2.27 bits per heavy atom. The first kappa shape index (κ1) is 10.3. The summed E-state index contributed by atoms with van der Waals surface area (Å²) in [6.45, 7) is 2.26. The summed E-state index contributed by atoms with van der Waals surface area (Å²) in [4.78, 5) is 14.6. The summed E-state index contributed by atoms with van der Waals surface area (Å²) < 4.78 is 4.94. The Morgan fingerprint density at radius 1 is 1.53 bits per heavy atom. The largest absolute Gasteiger partial charge is 0.462 e. The van der Waals surface area contributed by atoms with Crippen LogP contribution in [0.1, 0.15) is 54.6 Å². The summed E-state index contributed by atoms with van der Waals surface area (Å²) in [6, 6.07) is 1.94. The van der Waals surface area contributed by atoms with Crippen molar-refractivity contribution in [1.82, 2.24) is 4.98 Å².